The second-order valence-corrected chi connectivity index (χ2v) is 3.08. The zero-order chi connectivity index (χ0) is 9.40. The molecule has 0 aromatic heterocycles. The molecule has 3 nitrogen and oxygen atoms in total. The zero-order valence-corrected chi connectivity index (χ0v) is 11.0. The summed E-state index contributed by atoms with van der Waals surface area (Å²) in [4.78, 5) is 12.3. The first kappa shape index (κ1) is 15.9. The summed E-state index contributed by atoms with van der Waals surface area (Å²) in [5.74, 6) is -0.932. The van der Waals surface area contributed by atoms with Crippen LogP contribution in [0.15, 0.2) is 0 Å². The Labute approximate surface area is 103 Å². The van der Waals surface area contributed by atoms with E-state index in [0.717, 1.165) is 32.4 Å². The Balaban J connectivity index is 0. The summed E-state index contributed by atoms with van der Waals surface area (Å²) >= 11 is 0. The smallest absolute Gasteiger partial charge is 0.550 e. The number of carbonyl (C=O) groups excluding carboxylic acids is 1. The number of hydrogen-bond acceptors (Lipinski definition) is 3. The summed E-state index contributed by atoms with van der Waals surface area (Å²) in [6, 6.07) is 0. The quantitative estimate of drug-likeness (QED) is 0.327. The molecule has 0 rings (SSSR count). The van der Waals surface area contributed by atoms with E-state index < -0.39 is 5.97 Å². The van der Waals surface area contributed by atoms with E-state index in [2.05, 4.69) is 18.9 Å². The number of nitrogens with zero attached hydrogens (tertiary/aromatic N) is 1. The van der Waals surface area contributed by atoms with E-state index in [-0.39, 0.29) is 36.0 Å². The molecule has 0 spiro atoms. The van der Waals surface area contributed by atoms with Crippen molar-refractivity contribution in [3.8, 4) is 0 Å². The first-order chi connectivity index (χ1) is 5.66. The van der Waals surface area contributed by atoms with Crippen LogP contribution in [0.2, 0.25) is 0 Å². The summed E-state index contributed by atoms with van der Waals surface area (Å²) in [5.41, 5.74) is 0. The monoisotopic (exact) mass is 195 g/mol. The van der Waals surface area contributed by atoms with Gasteiger partial charge in [0.1, 0.15) is 0 Å². The zero-order valence-electron chi connectivity index (χ0n) is 9.01. The van der Waals surface area contributed by atoms with Crippen molar-refractivity contribution in [1.82, 2.24) is 4.90 Å². The van der Waals surface area contributed by atoms with Gasteiger partial charge in [-0.25, -0.2) is 0 Å². The van der Waals surface area contributed by atoms with Crippen LogP contribution >= 0.6 is 0 Å². The Hall–Kier alpha value is 0.430. The van der Waals surface area contributed by atoms with E-state index in [0.29, 0.717) is 0 Å². The van der Waals surface area contributed by atoms with Crippen molar-refractivity contribution >= 4 is 5.97 Å². The van der Waals surface area contributed by atoms with Crippen LogP contribution in [-0.4, -0.2) is 31.0 Å². The minimum Gasteiger partial charge on any atom is -0.550 e. The molecule has 0 fully saturated rings. The van der Waals surface area contributed by atoms with E-state index in [1.165, 1.54) is 0 Å². The van der Waals surface area contributed by atoms with Crippen molar-refractivity contribution in [3.63, 3.8) is 0 Å². The average Bonchev–Trinajstić information content (AvgIpc) is 2.03. The Morgan fingerprint density at radius 1 is 1.31 bits per heavy atom. The molecule has 0 atom stereocenters. The van der Waals surface area contributed by atoms with Crippen LogP contribution < -0.4 is 34.7 Å². The summed E-state index contributed by atoms with van der Waals surface area (Å²) in [6.45, 7) is 4.23. The van der Waals surface area contributed by atoms with Gasteiger partial charge in [-0.15, -0.1) is 0 Å². The van der Waals surface area contributed by atoms with Crippen molar-refractivity contribution in [2.24, 2.45) is 0 Å². The first-order valence-electron chi connectivity index (χ1n) is 4.55. The third-order valence-corrected chi connectivity index (χ3v) is 1.96. The van der Waals surface area contributed by atoms with Crippen molar-refractivity contribution in [3.05, 3.63) is 0 Å². The van der Waals surface area contributed by atoms with Crippen LogP contribution in [0.1, 0.15) is 32.6 Å². The van der Waals surface area contributed by atoms with Gasteiger partial charge in [-0.1, -0.05) is 13.3 Å². The van der Waals surface area contributed by atoms with E-state index in [1.54, 1.807) is 0 Å². The van der Waals surface area contributed by atoms with E-state index >= 15 is 0 Å². The van der Waals surface area contributed by atoms with Gasteiger partial charge in [0.25, 0.3) is 0 Å². The number of unbranched alkanes of at least 4 members (excludes halogenated alkanes) is 2. The first-order valence-corrected chi connectivity index (χ1v) is 4.55. The number of aliphatic carboxylic acids is 1. The van der Waals surface area contributed by atoms with Crippen molar-refractivity contribution < 1.29 is 39.5 Å². The number of rotatable bonds is 7. The van der Waals surface area contributed by atoms with Gasteiger partial charge in [-0.2, -0.15) is 0 Å². The third kappa shape index (κ3) is 12.4. The van der Waals surface area contributed by atoms with Gasteiger partial charge in [0.15, 0.2) is 0 Å². The third-order valence-electron chi connectivity index (χ3n) is 1.96. The predicted octanol–water partition coefficient (Wildman–Crippen LogP) is -2.75. The molecule has 4 heteroatoms. The van der Waals surface area contributed by atoms with Crippen LogP contribution in [0.5, 0.6) is 0 Å². The summed E-state index contributed by atoms with van der Waals surface area (Å²) in [5, 5.41) is 10.0. The van der Waals surface area contributed by atoms with E-state index in [1.807, 2.05) is 0 Å². The maximum atomic E-state index is 10.0. The van der Waals surface area contributed by atoms with Gasteiger partial charge in [-0.3, -0.25) is 0 Å². The van der Waals surface area contributed by atoms with Gasteiger partial charge in [-0.05, 0) is 39.4 Å². The molecule has 0 aliphatic carbocycles. The van der Waals surface area contributed by atoms with E-state index in [4.69, 9.17) is 0 Å². The summed E-state index contributed by atoms with van der Waals surface area (Å²) in [7, 11) is 2.07. The molecular weight excluding hydrogens is 177 g/mol. The number of carboxylic acids is 1. The maximum Gasteiger partial charge on any atom is 1.00 e. The second kappa shape index (κ2) is 10.5. The molecule has 0 saturated carbocycles. The molecule has 72 valence electrons. The van der Waals surface area contributed by atoms with Crippen LogP contribution in [0.3, 0.4) is 0 Å². The van der Waals surface area contributed by atoms with Crippen LogP contribution in [0.4, 0.5) is 0 Å². The van der Waals surface area contributed by atoms with Gasteiger partial charge in [0, 0.05) is 5.97 Å². The van der Waals surface area contributed by atoms with E-state index in [9.17, 15) is 9.90 Å². The molecule has 0 aromatic rings. The standard InChI is InChI=1S/C9H19NO2.Na/c1-3-10(2)8-6-4-5-7-9(11)12;/h3-8H2,1-2H3,(H,11,12);/q;+1/p-1. The molecule has 0 unspecified atom stereocenters. The summed E-state index contributed by atoms with van der Waals surface area (Å²) in [6.07, 6.45) is 3.02. The molecule has 0 N–H and O–H groups in total. The average molecular weight is 195 g/mol. The molecule has 0 radical (unpaired) electrons. The maximum absolute atomic E-state index is 10.0. The predicted molar refractivity (Wildman–Crippen MR) is 46.6 cm³/mol. The van der Waals surface area contributed by atoms with Gasteiger partial charge in [0.05, 0.1) is 0 Å². The second-order valence-electron chi connectivity index (χ2n) is 3.08. The molecule has 0 aliphatic heterocycles. The molecule has 13 heavy (non-hydrogen) atoms. The van der Waals surface area contributed by atoms with Crippen LogP contribution in [-0.2, 0) is 4.79 Å². The number of hydrogen-bond donors (Lipinski definition) is 0. The number of carbonyl (C=O) groups is 1. The molecule has 0 saturated heterocycles. The fourth-order valence-corrected chi connectivity index (χ4v) is 0.986. The SMILES string of the molecule is CCN(C)CCCCCC(=O)[O-].[Na+]. The summed E-state index contributed by atoms with van der Waals surface area (Å²) < 4.78 is 0. The van der Waals surface area contributed by atoms with Crippen molar-refractivity contribution in [2.75, 3.05) is 20.1 Å². The molecule has 0 amide bonds. The Morgan fingerprint density at radius 3 is 2.38 bits per heavy atom. The minimum absolute atomic E-state index is 0. The van der Waals surface area contributed by atoms with Crippen molar-refractivity contribution in [2.45, 2.75) is 32.6 Å². The van der Waals surface area contributed by atoms with Gasteiger partial charge in [0.2, 0.25) is 0 Å². The Morgan fingerprint density at radius 2 is 1.92 bits per heavy atom. The largest absolute Gasteiger partial charge is 1.00 e. The van der Waals surface area contributed by atoms with Crippen LogP contribution in [0.25, 0.3) is 0 Å². The van der Waals surface area contributed by atoms with Gasteiger partial charge >= 0.3 is 29.6 Å². The van der Waals surface area contributed by atoms with Crippen molar-refractivity contribution in [1.29, 1.82) is 0 Å². The number of carboxylic acid groups (broad SMARTS) is 1. The Kier molecular flexibility index (Phi) is 12.8. The Bertz CT molecular complexity index is 131. The van der Waals surface area contributed by atoms with Gasteiger partial charge < -0.3 is 14.8 Å². The molecule has 0 aromatic carbocycles. The molecular formula is C9H18NNaO2. The topological polar surface area (TPSA) is 43.4 Å². The van der Waals surface area contributed by atoms with Crippen LogP contribution in [0, 0.1) is 0 Å². The molecule has 0 aliphatic rings. The fraction of sp³-hybridized carbons (Fsp3) is 0.889. The normalized spacial score (nSPS) is 9.77. The molecule has 0 bridgehead atoms. The minimum atomic E-state index is -0.932. The molecule has 0 heterocycles. The fourth-order valence-electron chi connectivity index (χ4n) is 0.986.